The summed E-state index contributed by atoms with van der Waals surface area (Å²) < 4.78 is 1.65. The average molecular weight is 262 g/mol. The summed E-state index contributed by atoms with van der Waals surface area (Å²) in [5, 5.41) is 6.91. The molecule has 0 aromatic carbocycles. The normalized spacial score (nSPS) is 12.3. The smallest absolute Gasteiger partial charge is 0.255 e. The van der Waals surface area contributed by atoms with Crippen molar-refractivity contribution in [3.05, 3.63) is 36.2 Å². The molecule has 0 bridgehead atoms. The number of nitrogens with zero attached hydrogens (tertiary/aromatic N) is 2. The van der Waals surface area contributed by atoms with Crippen molar-refractivity contribution in [1.82, 2.24) is 14.9 Å². The predicted molar refractivity (Wildman–Crippen MR) is 73.5 cm³/mol. The summed E-state index contributed by atoms with van der Waals surface area (Å²) in [5.74, 6) is -0.212. The predicted octanol–water partition coefficient (Wildman–Crippen LogP) is 1.13. The van der Waals surface area contributed by atoms with E-state index in [1.807, 2.05) is 25.1 Å². The van der Waals surface area contributed by atoms with E-state index in [1.165, 1.54) is 6.20 Å². The Morgan fingerprint density at radius 2 is 2.39 bits per heavy atom. The zero-order valence-corrected chi connectivity index (χ0v) is 10.8. The van der Waals surface area contributed by atoms with Crippen LogP contribution in [0.3, 0.4) is 0 Å². The highest BCUT2D eigenvalue weighted by Crippen LogP contribution is 2.10. The summed E-state index contributed by atoms with van der Waals surface area (Å²) >= 11 is 4.90. The van der Waals surface area contributed by atoms with Crippen LogP contribution in [0.5, 0.6) is 0 Å². The number of nitrogens with two attached hydrogens (primary N) is 1. The summed E-state index contributed by atoms with van der Waals surface area (Å²) in [6.07, 6.45) is 3.99. The molecule has 1 atom stereocenters. The van der Waals surface area contributed by atoms with Gasteiger partial charge in [0.15, 0.2) is 0 Å². The zero-order chi connectivity index (χ0) is 13.1. The maximum Gasteiger partial charge on any atom is 0.255 e. The fraction of sp³-hybridized carbons (Fsp3) is 0.250. The first-order chi connectivity index (χ1) is 8.63. The van der Waals surface area contributed by atoms with E-state index in [0.717, 1.165) is 5.52 Å². The van der Waals surface area contributed by atoms with Gasteiger partial charge in [0, 0.05) is 6.20 Å². The van der Waals surface area contributed by atoms with E-state index in [2.05, 4.69) is 10.4 Å². The third-order valence-electron chi connectivity index (χ3n) is 2.73. The lowest BCUT2D eigenvalue weighted by Crippen LogP contribution is -2.42. The Hall–Kier alpha value is -1.95. The molecule has 6 heteroatoms. The minimum atomic E-state index is -0.286. The second-order valence-corrected chi connectivity index (χ2v) is 4.40. The van der Waals surface area contributed by atoms with E-state index in [0.29, 0.717) is 17.0 Å². The van der Waals surface area contributed by atoms with E-state index in [9.17, 15) is 4.79 Å². The summed E-state index contributed by atoms with van der Waals surface area (Å²) in [5.41, 5.74) is 6.83. The van der Waals surface area contributed by atoms with Gasteiger partial charge in [-0.25, -0.2) is 4.52 Å². The molecule has 18 heavy (non-hydrogen) atoms. The van der Waals surface area contributed by atoms with Gasteiger partial charge in [0.1, 0.15) is 0 Å². The van der Waals surface area contributed by atoms with Gasteiger partial charge >= 0.3 is 0 Å². The van der Waals surface area contributed by atoms with E-state index in [4.69, 9.17) is 18.0 Å². The molecule has 0 aliphatic rings. The highest BCUT2D eigenvalue weighted by atomic mass is 32.1. The van der Waals surface area contributed by atoms with Gasteiger partial charge in [-0.2, -0.15) is 5.10 Å². The van der Waals surface area contributed by atoms with Gasteiger partial charge < -0.3 is 11.1 Å². The van der Waals surface area contributed by atoms with Crippen LogP contribution in [0.1, 0.15) is 23.7 Å². The van der Waals surface area contributed by atoms with E-state index < -0.39 is 0 Å². The average Bonchev–Trinajstić information content (AvgIpc) is 2.79. The molecule has 5 nitrogen and oxygen atoms in total. The molecule has 1 unspecified atom stereocenters. The third kappa shape index (κ3) is 2.33. The lowest BCUT2D eigenvalue weighted by molar-refractivity contribution is 0.0948. The van der Waals surface area contributed by atoms with Crippen molar-refractivity contribution in [3.63, 3.8) is 0 Å². The maximum absolute atomic E-state index is 12.1. The van der Waals surface area contributed by atoms with Crippen molar-refractivity contribution >= 4 is 28.6 Å². The monoisotopic (exact) mass is 262 g/mol. The highest BCUT2D eigenvalue weighted by molar-refractivity contribution is 7.80. The molecule has 1 amide bonds. The minimum absolute atomic E-state index is 0.212. The molecule has 0 aliphatic carbocycles. The number of carbonyl (C=O) groups excluding carboxylic acids is 1. The second kappa shape index (κ2) is 5.14. The van der Waals surface area contributed by atoms with Crippen molar-refractivity contribution < 1.29 is 4.79 Å². The summed E-state index contributed by atoms with van der Waals surface area (Å²) in [4.78, 5) is 12.4. The zero-order valence-electron chi connectivity index (χ0n) is 9.96. The summed E-state index contributed by atoms with van der Waals surface area (Å²) in [7, 11) is 0. The number of pyridine rings is 1. The molecule has 0 saturated carbocycles. The van der Waals surface area contributed by atoms with Crippen molar-refractivity contribution in [3.8, 4) is 0 Å². The van der Waals surface area contributed by atoms with Crippen LogP contribution in [-0.4, -0.2) is 26.6 Å². The molecule has 3 N–H and O–H groups in total. The summed E-state index contributed by atoms with van der Waals surface area (Å²) in [6.45, 7) is 1.92. The topological polar surface area (TPSA) is 72.4 Å². The molecule has 2 aromatic rings. The molecule has 0 saturated heterocycles. The lowest BCUT2D eigenvalue weighted by Gasteiger charge is -2.14. The molecule has 94 valence electrons. The Balaban J connectivity index is 2.26. The molecule has 2 rings (SSSR count). The Morgan fingerprint density at radius 1 is 1.61 bits per heavy atom. The van der Waals surface area contributed by atoms with E-state index in [-0.39, 0.29) is 11.9 Å². The first kappa shape index (κ1) is 12.5. The van der Waals surface area contributed by atoms with E-state index >= 15 is 0 Å². The van der Waals surface area contributed by atoms with Gasteiger partial charge in [-0.3, -0.25) is 4.79 Å². The standard InChI is InChI=1S/C12H14N4OS/c1-2-9(11(13)18)15-12(17)8-7-14-16-6-4-3-5-10(8)16/h3-7,9H,2H2,1H3,(H2,13,18)(H,15,17). The number of aromatic nitrogens is 2. The first-order valence-corrected chi connectivity index (χ1v) is 6.07. The fourth-order valence-corrected chi connectivity index (χ4v) is 1.95. The number of carbonyl (C=O) groups is 1. The first-order valence-electron chi connectivity index (χ1n) is 5.66. The Kier molecular flexibility index (Phi) is 3.57. The van der Waals surface area contributed by atoms with Crippen LogP contribution < -0.4 is 11.1 Å². The number of hydrogen-bond acceptors (Lipinski definition) is 3. The third-order valence-corrected chi connectivity index (χ3v) is 3.01. The number of hydrogen-bond donors (Lipinski definition) is 2. The minimum Gasteiger partial charge on any atom is -0.392 e. The number of fused-ring (bicyclic) bond motifs is 1. The number of amides is 1. The quantitative estimate of drug-likeness (QED) is 0.810. The van der Waals surface area contributed by atoms with Gasteiger partial charge in [-0.05, 0) is 18.6 Å². The molecule has 2 aromatic heterocycles. The highest BCUT2D eigenvalue weighted by Gasteiger charge is 2.17. The molecule has 0 aliphatic heterocycles. The van der Waals surface area contributed by atoms with Crippen LogP contribution in [0.2, 0.25) is 0 Å². The van der Waals surface area contributed by atoms with Gasteiger partial charge in [-0.15, -0.1) is 0 Å². The van der Waals surface area contributed by atoms with Crippen LogP contribution in [0, 0.1) is 0 Å². The van der Waals surface area contributed by atoms with Crippen LogP contribution in [0.4, 0.5) is 0 Å². The van der Waals surface area contributed by atoms with Crippen molar-refractivity contribution in [2.75, 3.05) is 0 Å². The maximum atomic E-state index is 12.1. The molecular formula is C12H14N4OS. The molecule has 0 fully saturated rings. The van der Waals surface area contributed by atoms with Crippen molar-refractivity contribution in [2.45, 2.75) is 19.4 Å². The molecular weight excluding hydrogens is 248 g/mol. The fourth-order valence-electron chi connectivity index (χ4n) is 1.72. The second-order valence-electron chi connectivity index (χ2n) is 3.93. The van der Waals surface area contributed by atoms with Crippen LogP contribution in [0.15, 0.2) is 30.6 Å². The van der Waals surface area contributed by atoms with Gasteiger partial charge in [0.25, 0.3) is 5.91 Å². The Labute approximate surface area is 110 Å². The number of nitrogens with one attached hydrogen (secondary N) is 1. The van der Waals surface area contributed by atoms with Crippen molar-refractivity contribution in [1.29, 1.82) is 0 Å². The Morgan fingerprint density at radius 3 is 3.06 bits per heavy atom. The SMILES string of the molecule is CCC(NC(=O)c1cnn2ccccc12)C(N)=S. The van der Waals surface area contributed by atoms with Crippen molar-refractivity contribution in [2.24, 2.45) is 5.73 Å². The number of rotatable bonds is 4. The molecule has 0 spiro atoms. The van der Waals surface area contributed by atoms with Gasteiger partial charge in [-0.1, -0.05) is 25.2 Å². The lowest BCUT2D eigenvalue weighted by atomic mass is 10.2. The van der Waals surface area contributed by atoms with E-state index in [1.54, 1.807) is 10.7 Å². The van der Waals surface area contributed by atoms with Crippen LogP contribution >= 0.6 is 12.2 Å². The molecule has 2 heterocycles. The van der Waals surface area contributed by atoms with Gasteiger partial charge in [0.05, 0.1) is 28.3 Å². The Bertz CT molecular complexity index is 593. The number of thiocarbonyl (C=S) groups is 1. The van der Waals surface area contributed by atoms with Crippen LogP contribution in [0.25, 0.3) is 5.52 Å². The van der Waals surface area contributed by atoms with Crippen LogP contribution in [-0.2, 0) is 0 Å². The summed E-state index contributed by atoms with van der Waals surface area (Å²) in [6, 6.07) is 5.26. The van der Waals surface area contributed by atoms with Gasteiger partial charge in [0.2, 0.25) is 0 Å². The largest absolute Gasteiger partial charge is 0.392 e. The molecule has 0 radical (unpaired) electrons.